The summed E-state index contributed by atoms with van der Waals surface area (Å²) in [6.45, 7) is 3.79. The van der Waals surface area contributed by atoms with Crippen molar-refractivity contribution >= 4 is 16.0 Å². The van der Waals surface area contributed by atoms with Crippen LogP contribution >= 0.6 is 0 Å². The van der Waals surface area contributed by atoms with Crippen LogP contribution in [0.4, 0.5) is 0 Å². The Hall–Kier alpha value is -1.40. The van der Waals surface area contributed by atoms with Gasteiger partial charge in [0.05, 0.1) is 10.7 Å². The van der Waals surface area contributed by atoms with Crippen LogP contribution in [0, 0.1) is 0 Å². The fourth-order valence-electron chi connectivity index (χ4n) is 2.80. The average Bonchev–Trinajstić information content (AvgIpc) is 2.47. The summed E-state index contributed by atoms with van der Waals surface area (Å²) >= 11 is 0. The van der Waals surface area contributed by atoms with Crippen LogP contribution in [0.3, 0.4) is 0 Å². The Morgan fingerprint density at radius 3 is 2.14 bits per heavy atom. The molecule has 116 valence electrons. The van der Waals surface area contributed by atoms with Crippen molar-refractivity contribution in [3.63, 3.8) is 0 Å². The number of carboxylic acids is 1. The van der Waals surface area contributed by atoms with Crippen LogP contribution in [0.2, 0.25) is 0 Å². The first kappa shape index (κ1) is 16.0. The molecular weight excluding hydrogens is 290 g/mol. The van der Waals surface area contributed by atoms with Gasteiger partial charge in [0.25, 0.3) is 0 Å². The van der Waals surface area contributed by atoms with Gasteiger partial charge in [0.2, 0.25) is 10.0 Å². The molecule has 21 heavy (non-hydrogen) atoms. The van der Waals surface area contributed by atoms with Gasteiger partial charge in [0.15, 0.2) is 0 Å². The van der Waals surface area contributed by atoms with E-state index in [9.17, 15) is 18.3 Å². The lowest BCUT2D eigenvalue weighted by atomic mass is 9.73. The van der Waals surface area contributed by atoms with Gasteiger partial charge >= 0.3 is 5.97 Å². The molecule has 0 bridgehead atoms. The molecular formula is C15H21NO4S. The molecule has 1 aliphatic heterocycles. The smallest absolute Gasteiger partial charge is 0.314 e. The van der Waals surface area contributed by atoms with Crippen LogP contribution in [0.25, 0.3) is 0 Å². The first-order chi connectivity index (χ1) is 9.80. The molecule has 0 unspecified atom stereocenters. The Balaban J connectivity index is 2.26. The summed E-state index contributed by atoms with van der Waals surface area (Å²) in [6.07, 6.45) is 0.608. The summed E-state index contributed by atoms with van der Waals surface area (Å²) in [6, 6.07) is 9.09. The summed E-state index contributed by atoms with van der Waals surface area (Å²) < 4.78 is 25.8. The van der Waals surface area contributed by atoms with Gasteiger partial charge in [-0.3, -0.25) is 4.79 Å². The third kappa shape index (κ3) is 2.82. The van der Waals surface area contributed by atoms with Crippen LogP contribution in [-0.2, 0) is 20.2 Å². The van der Waals surface area contributed by atoms with Crippen molar-refractivity contribution in [2.24, 2.45) is 0 Å². The van der Waals surface area contributed by atoms with E-state index in [1.165, 1.54) is 4.31 Å². The molecule has 0 aliphatic carbocycles. The highest BCUT2D eigenvalue weighted by Crippen LogP contribution is 2.36. The lowest BCUT2D eigenvalue weighted by Gasteiger charge is -2.39. The minimum absolute atomic E-state index is 0.252. The van der Waals surface area contributed by atoms with E-state index in [1.807, 2.05) is 18.2 Å². The van der Waals surface area contributed by atoms with Gasteiger partial charge < -0.3 is 5.11 Å². The standard InChI is InChI=1S/C15H21NO4S/c1-12(2)21(19,20)16-10-8-15(9-11-16,14(17)18)13-6-4-3-5-7-13/h3-7,12H,8-11H2,1-2H3,(H,17,18). The molecule has 0 amide bonds. The monoisotopic (exact) mass is 311 g/mol. The first-order valence-corrected chi connectivity index (χ1v) is 8.59. The predicted molar refractivity (Wildman–Crippen MR) is 80.6 cm³/mol. The largest absolute Gasteiger partial charge is 0.481 e. The molecule has 0 radical (unpaired) electrons. The number of rotatable bonds is 4. The molecule has 1 fully saturated rings. The fourth-order valence-corrected chi connectivity index (χ4v) is 4.09. The van der Waals surface area contributed by atoms with Crippen LogP contribution in [0.5, 0.6) is 0 Å². The van der Waals surface area contributed by atoms with Crippen molar-refractivity contribution in [1.29, 1.82) is 0 Å². The molecule has 1 aliphatic rings. The molecule has 1 aromatic rings. The van der Waals surface area contributed by atoms with Crippen molar-refractivity contribution in [2.45, 2.75) is 37.4 Å². The van der Waals surface area contributed by atoms with Crippen molar-refractivity contribution in [3.8, 4) is 0 Å². The van der Waals surface area contributed by atoms with Gasteiger partial charge in [0.1, 0.15) is 0 Å². The summed E-state index contributed by atoms with van der Waals surface area (Å²) in [5.41, 5.74) is -0.233. The van der Waals surface area contributed by atoms with Gasteiger partial charge in [-0.05, 0) is 32.3 Å². The second kappa shape index (κ2) is 5.77. The number of nitrogens with zero attached hydrogens (tertiary/aromatic N) is 1. The van der Waals surface area contributed by atoms with E-state index in [1.54, 1.807) is 26.0 Å². The zero-order valence-corrected chi connectivity index (χ0v) is 13.1. The molecule has 1 saturated heterocycles. The molecule has 2 rings (SSSR count). The number of hydrogen-bond donors (Lipinski definition) is 1. The number of piperidine rings is 1. The summed E-state index contributed by atoms with van der Waals surface area (Å²) in [5.74, 6) is -0.879. The van der Waals surface area contributed by atoms with E-state index in [4.69, 9.17) is 0 Å². The van der Waals surface area contributed by atoms with Gasteiger partial charge in [0, 0.05) is 13.1 Å². The minimum atomic E-state index is -3.32. The van der Waals surface area contributed by atoms with Crippen molar-refractivity contribution in [1.82, 2.24) is 4.31 Å². The van der Waals surface area contributed by atoms with Gasteiger partial charge in [-0.1, -0.05) is 30.3 Å². The number of aliphatic carboxylic acids is 1. The van der Waals surface area contributed by atoms with E-state index in [0.29, 0.717) is 12.8 Å². The molecule has 0 aromatic heterocycles. The number of carbonyl (C=O) groups is 1. The van der Waals surface area contributed by atoms with E-state index in [-0.39, 0.29) is 13.1 Å². The Morgan fingerprint density at radius 2 is 1.71 bits per heavy atom. The van der Waals surface area contributed by atoms with Crippen LogP contribution in [0.1, 0.15) is 32.3 Å². The number of carboxylic acid groups (broad SMARTS) is 1. The average molecular weight is 311 g/mol. The van der Waals surface area contributed by atoms with E-state index >= 15 is 0 Å². The topological polar surface area (TPSA) is 74.7 Å². The molecule has 0 spiro atoms. The SMILES string of the molecule is CC(C)S(=O)(=O)N1CCC(C(=O)O)(c2ccccc2)CC1. The molecule has 6 heteroatoms. The Labute approximate surface area is 125 Å². The van der Waals surface area contributed by atoms with Crippen molar-refractivity contribution < 1.29 is 18.3 Å². The molecule has 1 aromatic carbocycles. The Kier molecular flexibility index (Phi) is 4.39. The quantitative estimate of drug-likeness (QED) is 0.920. The summed E-state index contributed by atoms with van der Waals surface area (Å²) in [7, 11) is -3.32. The lowest BCUT2D eigenvalue weighted by molar-refractivity contribution is -0.145. The first-order valence-electron chi connectivity index (χ1n) is 7.08. The van der Waals surface area contributed by atoms with Crippen molar-refractivity contribution in [2.75, 3.05) is 13.1 Å². The minimum Gasteiger partial charge on any atom is -0.481 e. The number of hydrogen-bond acceptors (Lipinski definition) is 3. The van der Waals surface area contributed by atoms with Crippen LogP contribution in [0.15, 0.2) is 30.3 Å². The summed E-state index contributed by atoms with van der Waals surface area (Å²) in [4.78, 5) is 11.8. The highest BCUT2D eigenvalue weighted by molar-refractivity contribution is 7.89. The predicted octanol–water partition coefficient (Wildman–Crippen LogP) is 1.84. The second-order valence-electron chi connectivity index (χ2n) is 5.75. The molecule has 1 heterocycles. The Bertz CT molecular complexity index is 602. The molecule has 0 saturated carbocycles. The number of sulfonamides is 1. The van der Waals surface area contributed by atoms with Gasteiger partial charge in [-0.15, -0.1) is 0 Å². The maximum Gasteiger partial charge on any atom is 0.314 e. The third-order valence-electron chi connectivity index (χ3n) is 4.27. The van der Waals surface area contributed by atoms with Gasteiger partial charge in [-0.2, -0.15) is 0 Å². The van der Waals surface area contributed by atoms with Gasteiger partial charge in [-0.25, -0.2) is 12.7 Å². The number of benzene rings is 1. The van der Waals surface area contributed by atoms with Crippen LogP contribution in [-0.4, -0.2) is 42.1 Å². The maximum atomic E-state index is 12.2. The maximum absolute atomic E-state index is 12.2. The third-order valence-corrected chi connectivity index (χ3v) is 6.54. The molecule has 5 nitrogen and oxygen atoms in total. The summed E-state index contributed by atoms with van der Waals surface area (Å²) in [5, 5.41) is 9.19. The second-order valence-corrected chi connectivity index (χ2v) is 8.24. The van der Waals surface area contributed by atoms with E-state index in [0.717, 1.165) is 5.56 Å². The highest BCUT2D eigenvalue weighted by Gasteiger charge is 2.45. The molecule has 1 N–H and O–H groups in total. The van der Waals surface area contributed by atoms with Crippen molar-refractivity contribution in [3.05, 3.63) is 35.9 Å². The van der Waals surface area contributed by atoms with Crippen LogP contribution < -0.4 is 0 Å². The fraction of sp³-hybridized carbons (Fsp3) is 0.533. The Morgan fingerprint density at radius 1 is 1.19 bits per heavy atom. The highest BCUT2D eigenvalue weighted by atomic mass is 32.2. The van der Waals surface area contributed by atoms with E-state index < -0.39 is 26.7 Å². The normalized spacial score (nSPS) is 19.6. The van der Waals surface area contributed by atoms with E-state index in [2.05, 4.69) is 0 Å². The zero-order valence-electron chi connectivity index (χ0n) is 12.3. The lowest BCUT2D eigenvalue weighted by Crippen LogP contribution is -2.50. The zero-order chi connectivity index (χ0) is 15.7. The molecule has 0 atom stereocenters.